The second-order valence-electron chi connectivity index (χ2n) is 5.63. The summed E-state index contributed by atoms with van der Waals surface area (Å²) in [6, 6.07) is 6.37. The van der Waals surface area contributed by atoms with E-state index >= 15 is 0 Å². The maximum atomic E-state index is 12.8. The van der Waals surface area contributed by atoms with E-state index in [9.17, 15) is 9.18 Å². The summed E-state index contributed by atoms with van der Waals surface area (Å²) in [6.07, 6.45) is 1.50. The predicted octanol–water partition coefficient (Wildman–Crippen LogP) is 2.93. The number of hydrogen-bond donors (Lipinski definition) is 1. The summed E-state index contributed by atoms with van der Waals surface area (Å²) >= 11 is 1.58. The van der Waals surface area contributed by atoms with E-state index in [1.807, 2.05) is 4.90 Å². The van der Waals surface area contributed by atoms with E-state index < -0.39 is 0 Å². The molecule has 0 radical (unpaired) electrons. The molecule has 0 spiro atoms. The van der Waals surface area contributed by atoms with Gasteiger partial charge in [0, 0.05) is 30.2 Å². The van der Waals surface area contributed by atoms with Crippen LogP contribution in [0, 0.1) is 11.2 Å². The number of amides is 1. The van der Waals surface area contributed by atoms with E-state index in [4.69, 9.17) is 5.73 Å². The Bertz CT molecular complexity index is 471. The van der Waals surface area contributed by atoms with E-state index in [0.717, 1.165) is 30.2 Å². The van der Waals surface area contributed by atoms with E-state index in [0.29, 0.717) is 13.0 Å². The molecule has 1 aliphatic rings. The summed E-state index contributed by atoms with van der Waals surface area (Å²) < 4.78 is 12.8. The third-order valence-electron chi connectivity index (χ3n) is 3.80. The molecule has 1 aromatic rings. The van der Waals surface area contributed by atoms with Crippen molar-refractivity contribution < 1.29 is 9.18 Å². The molecule has 1 unspecified atom stereocenters. The van der Waals surface area contributed by atoms with Crippen molar-refractivity contribution in [1.29, 1.82) is 0 Å². The smallest absolute Gasteiger partial charge is 0.223 e. The van der Waals surface area contributed by atoms with Gasteiger partial charge >= 0.3 is 0 Å². The fraction of sp³-hybridized carbons (Fsp3) is 0.533. The maximum absolute atomic E-state index is 12.8. The largest absolute Gasteiger partial charge is 0.342 e. The SMILES string of the molecule is CC1(CN)CCN(C(=O)CCSc2ccc(F)cc2)C1.Cl. The first-order chi connectivity index (χ1) is 9.52. The van der Waals surface area contributed by atoms with Crippen LogP contribution in [0.15, 0.2) is 29.2 Å². The van der Waals surface area contributed by atoms with Crippen molar-refractivity contribution in [3.8, 4) is 0 Å². The van der Waals surface area contributed by atoms with Crippen molar-refractivity contribution >= 4 is 30.1 Å². The van der Waals surface area contributed by atoms with Gasteiger partial charge in [0.2, 0.25) is 5.91 Å². The van der Waals surface area contributed by atoms with Crippen LogP contribution in [0.3, 0.4) is 0 Å². The zero-order valence-corrected chi connectivity index (χ0v) is 13.8. The van der Waals surface area contributed by atoms with Gasteiger partial charge in [0.1, 0.15) is 5.82 Å². The average molecular weight is 333 g/mol. The van der Waals surface area contributed by atoms with E-state index in [2.05, 4.69) is 6.92 Å². The highest BCUT2D eigenvalue weighted by Gasteiger charge is 2.34. The molecule has 1 aliphatic heterocycles. The Labute approximate surface area is 135 Å². The summed E-state index contributed by atoms with van der Waals surface area (Å²) in [6.45, 7) is 4.34. The van der Waals surface area contributed by atoms with E-state index in [1.54, 1.807) is 23.9 Å². The number of carbonyl (C=O) groups excluding carboxylic acids is 1. The topological polar surface area (TPSA) is 46.3 Å². The molecule has 1 heterocycles. The number of carbonyl (C=O) groups is 1. The number of benzene rings is 1. The van der Waals surface area contributed by atoms with Crippen molar-refractivity contribution in [2.75, 3.05) is 25.4 Å². The Morgan fingerprint density at radius 2 is 2.10 bits per heavy atom. The van der Waals surface area contributed by atoms with Crippen LogP contribution < -0.4 is 5.73 Å². The standard InChI is InChI=1S/C15H21FN2OS.ClH/c1-15(10-17)7-8-18(11-15)14(19)6-9-20-13-4-2-12(16)3-5-13;/h2-5H,6-11,17H2,1H3;1H. The minimum atomic E-state index is -0.233. The molecule has 1 atom stereocenters. The summed E-state index contributed by atoms with van der Waals surface area (Å²) in [7, 11) is 0. The quantitative estimate of drug-likeness (QED) is 0.843. The van der Waals surface area contributed by atoms with Gasteiger partial charge in [0.05, 0.1) is 0 Å². The van der Waals surface area contributed by atoms with Gasteiger partial charge in [-0.2, -0.15) is 0 Å². The molecule has 118 valence electrons. The molecule has 1 fully saturated rings. The zero-order chi connectivity index (χ0) is 14.6. The van der Waals surface area contributed by atoms with Gasteiger partial charge in [0.25, 0.3) is 0 Å². The molecule has 3 nitrogen and oxygen atoms in total. The molecule has 2 rings (SSSR count). The van der Waals surface area contributed by atoms with Crippen LogP contribution in [0.1, 0.15) is 19.8 Å². The Morgan fingerprint density at radius 1 is 1.43 bits per heavy atom. The van der Waals surface area contributed by atoms with Crippen LogP contribution in [-0.2, 0) is 4.79 Å². The van der Waals surface area contributed by atoms with Gasteiger partial charge in [0.15, 0.2) is 0 Å². The van der Waals surface area contributed by atoms with Gasteiger partial charge in [-0.1, -0.05) is 6.92 Å². The second-order valence-corrected chi connectivity index (χ2v) is 6.80. The third kappa shape index (κ3) is 5.16. The van der Waals surface area contributed by atoms with Gasteiger partial charge in [-0.05, 0) is 42.6 Å². The fourth-order valence-electron chi connectivity index (χ4n) is 2.35. The Hall–Kier alpha value is -0.780. The highest BCUT2D eigenvalue weighted by Crippen LogP contribution is 2.29. The Kier molecular flexibility index (Phi) is 6.97. The number of likely N-dealkylation sites (tertiary alicyclic amines) is 1. The van der Waals surface area contributed by atoms with Crippen molar-refractivity contribution in [3.63, 3.8) is 0 Å². The monoisotopic (exact) mass is 332 g/mol. The zero-order valence-electron chi connectivity index (χ0n) is 12.2. The number of thioether (sulfide) groups is 1. The van der Waals surface area contributed by atoms with Gasteiger partial charge in [-0.15, -0.1) is 24.2 Å². The molecule has 1 amide bonds. The van der Waals surface area contributed by atoms with Crippen LogP contribution in [0.5, 0.6) is 0 Å². The second kappa shape index (κ2) is 8.01. The minimum Gasteiger partial charge on any atom is -0.342 e. The summed E-state index contributed by atoms with van der Waals surface area (Å²) in [5.41, 5.74) is 5.83. The number of hydrogen-bond acceptors (Lipinski definition) is 3. The number of rotatable bonds is 5. The molecule has 0 aromatic heterocycles. The summed E-state index contributed by atoms with van der Waals surface area (Å²) in [5.74, 6) is 0.681. The van der Waals surface area contributed by atoms with Gasteiger partial charge < -0.3 is 10.6 Å². The van der Waals surface area contributed by atoms with Crippen LogP contribution in [0.4, 0.5) is 4.39 Å². The van der Waals surface area contributed by atoms with Crippen molar-refractivity contribution in [1.82, 2.24) is 4.90 Å². The van der Waals surface area contributed by atoms with E-state index in [1.165, 1.54) is 12.1 Å². The maximum Gasteiger partial charge on any atom is 0.223 e. The molecule has 2 N–H and O–H groups in total. The van der Waals surface area contributed by atoms with Gasteiger partial charge in [-0.3, -0.25) is 4.79 Å². The molecule has 0 bridgehead atoms. The Balaban J connectivity index is 0.00000220. The number of nitrogens with two attached hydrogens (primary N) is 1. The number of halogens is 2. The first-order valence-electron chi connectivity index (χ1n) is 6.89. The van der Waals surface area contributed by atoms with Gasteiger partial charge in [-0.25, -0.2) is 4.39 Å². The highest BCUT2D eigenvalue weighted by atomic mass is 35.5. The van der Waals surface area contributed by atoms with Crippen LogP contribution in [0.25, 0.3) is 0 Å². The highest BCUT2D eigenvalue weighted by molar-refractivity contribution is 7.99. The molecular weight excluding hydrogens is 311 g/mol. The molecular formula is C15H22ClFN2OS. The minimum absolute atomic E-state index is 0. The molecule has 0 saturated carbocycles. The van der Waals surface area contributed by atoms with Crippen molar-refractivity contribution in [2.24, 2.45) is 11.1 Å². The van der Waals surface area contributed by atoms with E-state index in [-0.39, 0.29) is 29.5 Å². The Morgan fingerprint density at radius 3 is 2.67 bits per heavy atom. The first kappa shape index (κ1) is 18.3. The molecule has 21 heavy (non-hydrogen) atoms. The molecule has 6 heteroatoms. The average Bonchev–Trinajstić information content (AvgIpc) is 2.84. The summed E-state index contributed by atoms with van der Waals surface area (Å²) in [5, 5.41) is 0. The van der Waals surface area contributed by atoms with Crippen LogP contribution in [0.2, 0.25) is 0 Å². The lowest BCUT2D eigenvalue weighted by Gasteiger charge is -2.22. The fourth-order valence-corrected chi connectivity index (χ4v) is 3.19. The number of nitrogens with zero attached hydrogens (tertiary/aromatic N) is 1. The molecule has 1 aromatic carbocycles. The lowest BCUT2D eigenvalue weighted by molar-refractivity contribution is -0.130. The van der Waals surface area contributed by atoms with Crippen LogP contribution in [-0.4, -0.2) is 36.2 Å². The molecule has 1 saturated heterocycles. The molecule has 0 aliphatic carbocycles. The summed E-state index contributed by atoms with van der Waals surface area (Å²) in [4.78, 5) is 15.0. The third-order valence-corrected chi connectivity index (χ3v) is 4.82. The van der Waals surface area contributed by atoms with Crippen LogP contribution >= 0.6 is 24.2 Å². The first-order valence-corrected chi connectivity index (χ1v) is 7.87. The normalized spacial score (nSPS) is 21.2. The lowest BCUT2D eigenvalue weighted by Crippen LogP contribution is -2.34. The lowest BCUT2D eigenvalue weighted by atomic mass is 9.90. The predicted molar refractivity (Wildman–Crippen MR) is 87.3 cm³/mol. The van der Waals surface area contributed by atoms with Crippen molar-refractivity contribution in [2.45, 2.75) is 24.7 Å². The van der Waals surface area contributed by atoms with Crippen molar-refractivity contribution in [3.05, 3.63) is 30.1 Å².